The Labute approximate surface area is 352 Å². The van der Waals surface area contributed by atoms with E-state index in [0.29, 0.717) is 0 Å². The molecule has 0 bridgehead atoms. The van der Waals surface area contributed by atoms with E-state index in [2.05, 4.69) is 200 Å². The first-order valence-corrected chi connectivity index (χ1v) is 22.3. The van der Waals surface area contributed by atoms with E-state index in [4.69, 9.17) is 4.42 Å². The summed E-state index contributed by atoms with van der Waals surface area (Å²) in [4.78, 5) is 0. The molecule has 60 heavy (non-hydrogen) atoms. The summed E-state index contributed by atoms with van der Waals surface area (Å²) in [6, 6.07) is 76.1. The van der Waals surface area contributed by atoms with E-state index in [0.717, 1.165) is 27.5 Å². The van der Waals surface area contributed by atoms with Gasteiger partial charge in [-0.15, -0.1) is 0 Å². The Morgan fingerprint density at radius 2 is 0.733 bits per heavy atom. The Bertz CT molecular complexity index is 3770. The number of furan rings is 1. The quantitative estimate of drug-likeness (QED) is 0.127. The second-order valence-corrected chi connectivity index (χ2v) is 18.0. The Hall–Kier alpha value is -7.22. The number of rotatable bonds is 4. The van der Waals surface area contributed by atoms with Crippen molar-refractivity contribution in [3.63, 3.8) is 0 Å². The van der Waals surface area contributed by atoms with Gasteiger partial charge in [-0.2, -0.15) is 0 Å². The van der Waals surface area contributed by atoms with Crippen molar-refractivity contribution in [2.75, 3.05) is 0 Å². The van der Waals surface area contributed by atoms with Crippen molar-refractivity contribution in [1.82, 2.24) is 0 Å². The summed E-state index contributed by atoms with van der Waals surface area (Å²) in [6.07, 6.45) is 0. The van der Waals surface area contributed by atoms with Gasteiger partial charge in [-0.25, -0.2) is 0 Å². The standard InChI is InChI=1S/C58H34OSe/c1-2-16-35(17-3-1)53-39-19-4-8-23-43(39)55(44-24-9-5-20-40(44)53)47-27-15-31-52-57(47)49-29-14-28-48(58(49)60-52)56-45-25-10-6-21-41(45)54(42-22-7-11-26-46(42)56)36-32-33-38-37-18-12-13-30-50(37)59-51(38)34-36/h1-34H. The van der Waals surface area contributed by atoms with Crippen LogP contribution in [-0.4, -0.2) is 14.5 Å². The van der Waals surface area contributed by atoms with Gasteiger partial charge in [0.25, 0.3) is 0 Å². The van der Waals surface area contributed by atoms with Crippen LogP contribution in [0, 0.1) is 0 Å². The molecule has 0 aliphatic rings. The maximum atomic E-state index is 6.43. The second-order valence-electron chi connectivity index (χ2n) is 15.8. The van der Waals surface area contributed by atoms with E-state index in [9.17, 15) is 0 Å². The average molecular weight is 826 g/mol. The molecule has 13 aromatic rings. The minimum absolute atomic E-state index is 0.0973. The fourth-order valence-electron chi connectivity index (χ4n) is 10.2. The summed E-state index contributed by atoms with van der Waals surface area (Å²) in [7, 11) is 0. The van der Waals surface area contributed by atoms with Crippen LogP contribution in [0.15, 0.2) is 211 Å². The third-order valence-corrected chi connectivity index (χ3v) is 15.2. The van der Waals surface area contributed by atoms with E-state index < -0.39 is 0 Å². The van der Waals surface area contributed by atoms with Crippen LogP contribution in [0.3, 0.4) is 0 Å². The van der Waals surface area contributed by atoms with Crippen molar-refractivity contribution in [3.05, 3.63) is 206 Å². The summed E-state index contributed by atoms with van der Waals surface area (Å²) >= 11 is 0.0973. The van der Waals surface area contributed by atoms with Crippen LogP contribution in [0.1, 0.15) is 0 Å². The number of fused-ring (bicyclic) bond motifs is 10. The Morgan fingerprint density at radius 3 is 1.35 bits per heavy atom. The Balaban J connectivity index is 1.09. The molecule has 0 spiro atoms. The maximum absolute atomic E-state index is 6.43. The van der Waals surface area contributed by atoms with Crippen molar-refractivity contribution < 1.29 is 4.42 Å². The van der Waals surface area contributed by atoms with Gasteiger partial charge in [0.1, 0.15) is 0 Å². The monoisotopic (exact) mass is 826 g/mol. The molecule has 0 unspecified atom stereocenters. The van der Waals surface area contributed by atoms with Crippen LogP contribution < -0.4 is 0 Å². The number of para-hydroxylation sites is 1. The van der Waals surface area contributed by atoms with E-state index >= 15 is 0 Å². The number of hydrogen-bond acceptors (Lipinski definition) is 1. The van der Waals surface area contributed by atoms with E-state index in [1.54, 1.807) is 0 Å². The molecule has 0 radical (unpaired) electrons. The van der Waals surface area contributed by atoms with Gasteiger partial charge in [0, 0.05) is 0 Å². The van der Waals surface area contributed by atoms with E-state index in [1.165, 1.54) is 101 Å². The van der Waals surface area contributed by atoms with E-state index in [-0.39, 0.29) is 14.5 Å². The topological polar surface area (TPSA) is 13.1 Å². The van der Waals surface area contributed by atoms with Gasteiger partial charge in [-0.3, -0.25) is 0 Å². The SMILES string of the molecule is c1ccc(-c2c3ccccc3c(-c3cccc4[se]c5c(-c6c7ccccc7c(-c7ccc8c(c7)oc7ccccc78)c7ccccc67)cccc5c34)c3ccccc23)cc1. The zero-order chi connectivity index (χ0) is 39.3. The summed E-state index contributed by atoms with van der Waals surface area (Å²) in [5.41, 5.74) is 12.0. The zero-order valence-electron chi connectivity index (χ0n) is 32.4. The molecule has 0 aliphatic carbocycles. The van der Waals surface area contributed by atoms with E-state index in [1.807, 2.05) is 6.07 Å². The summed E-state index contributed by atoms with van der Waals surface area (Å²) in [5.74, 6) is 0. The van der Waals surface area contributed by atoms with Crippen molar-refractivity contribution >= 4 is 98.8 Å². The number of hydrogen-bond donors (Lipinski definition) is 0. The fraction of sp³-hybridized carbons (Fsp3) is 0. The molecule has 2 heterocycles. The molecule has 2 aromatic heterocycles. The first kappa shape index (κ1) is 33.7. The van der Waals surface area contributed by atoms with Gasteiger partial charge in [0.05, 0.1) is 0 Å². The average Bonchev–Trinajstić information content (AvgIpc) is 3.89. The van der Waals surface area contributed by atoms with Crippen molar-refractivity contribution in [2.45, 2.75) is 0 Å². The third-order valence-electron chi connectivity index (χ3n) is 12.7. The molecular formula is C58H34OSe. The predicted molar refractivity (Wildman–Crippen MR) is 257 cm³/mol. The van der Waals surface area contributed by atoms with Gasteiger partial charge in [0.15, 0.2) is 0 Å². The second kappa shape index (κ2) is 13.1. The predicted octanol–water partition coefficient (Wildman–Crippen LogP) is 16.2. The minimum atomic E-state index is 0.0973. The molecule has 13 rings (SSSR count). The molecular weight excluding hydrogens is 792 g/mol. The molecule has 0 amide bonds. The van der Waals surface area contributed by atoms with Crippen LogP contribution in [0.5, 0.6) is 0 Å². The molecule has 0 saturated carbocycles. The van der Waals surface area contributed by atoms with Gasteiger partial charge in [-0.05, 0) is 0 Å². The third kappa shape index (κ3) is 4.87. The molecule has 0 N–H and O–H groups in total. The van der Waals surface area contributed by atoms with Gasteiger partial charge in [-0.1, -0.05) is 12.1 Å². The zero-order valence-corrected chi connectivity index (χ0v) is 34.2. The first-order valence-electron chi connectivity index (χ1n) is 20.6. The molecule has 0 atom stereocenters. The van der Waals surface area contributed by atoms with Crippen LogP contribution in [0.4, 0.5) is 0 Å². The van der Waals surface area contributed by atoms with Crippen molar-refractivity contribution in [2.24, 2.45) is 0 Å². The normalized spacial score (nSPS) is 12.0. The van der Waals surface area contributed by atoms with Crippen LogP contribution in [0.2, 0.25) is 0 Å². The molecule has 2 heteroatoms. The summed E-state index contributed by atoms with van der Waals surface area (Å²) in [5, 5.41) is 15.2. The summed E-state index contributed by atoms with van der Waals surface area (Å²) < 4.78 is 9.32. The fourth-order valence-corrected chi connectivity index (χ4v) is 12.8. The Morgan fingerprint density at radius 1 is 0.283 bits per heavy atom. The first-order chi connectivity index (χ1) is 29.8. The molecule has 278 valence electrons. The van der Waals surface area contributed by atoms with Crippen LogP contribution in [0.25, 0.3) is 129 Å². The molecule has 1 nitrogen and oxygen atoms in total. The van der Waals surface area contributed by atoms with Gasteiger partial charge in [0.2, 0.25) is 0 Å². The van der Waals surface area contributed by atoms with Crippen LogP contribution >= 0.6 is 0 Å². The molecule has 0 saturated heterocycles. The Kier molecular flexibility index (Phi) is 7.39. The molecule has 0 aliphatic heterocycles. The van der Waals surface area contributed by atoms with Gasteiger partial charge < -0.3 is 0 Å². The van der Waals surface area contributed by atoms with Crippen molar-refractivity contribution in [1.29, 1.82) is 0 Å². The summed E-state index contributed by atoms with van der Waals surface area (Å²) in [6.45, 7) is 0. The molecule has 0 fully saturated rings. The van der Waals surface area contributed by atoms with Crippen LogP contribution in [-0.2, 0) is 0 Å². The number of benzene rings is 11. The molecule has 11 aromatic carbocycles. The van der Waals surface area contributed by atoms with Crippen molar-refractivity contribution in [3.8, 4) is 44.5 Å². The van der Waals surface area contributed by atoms with Gasteiger partial charge >= 0.3 is 342 Å².